The van der Waals surface area contributed by atoms with Crippen LogP contribution in [0, 0.1) is 0 Å². The lowest BCUT2D eigenvalue weighted by Crippen LogP contribution is -2.60. The molecule has 0 aromatic heterocycles. The summed E-state index contributed by atoms with van der Waals surface area (Å²) in [4.78, 5) is 50.3. The van der Waals surface area contributed by atoms with E-state index in [1.54, 1.807) is 30.3 Å². The number of hydrazine groups is 1. The van der Waals surface area contributed by atoms with Crippen molar-refractivity contribution in [3.8, 4) is 11.1 Å². The van der Waals surface area contributed by atoms with Crippen LogP contribution in [0.4, 0.5) is 9.59 Å². The minimum absolute atomic E-state index is 0.115. The van der Waals surface area contributed by atoms with E-state index in [-0.39, 0.29) is 24.0 Å². The molecular formula is C31H32N4O9S. The third-order valence-electron chi connectivity index (χ3n) is 6.89. The number of alkyl carbamates (subject to hydrolysis) is 1. The van der Waals surface area contributed by atoms with Gasteiger partial charge in [-0.3, -0.25) is 9.59 Å². The molecule has 14 heteroatoms. The molecule has 236 valence electrons. The van der Waals surface area contributed by atoms with Crippen LogP contribution in [0.1, 0.15) is 29.5 Å². The molecule has 45 heavy (non-hydrogen) atoms. The summed E-state index contributed by atoms with van der Waals surface area (Å²) in [5.41, 5.74) is 6.00. The molecule has 0 saturated carbocycles. The fourth-order valence-electron chi connectivity index (χ4n) is 4.73. The first kappa shape index (κ1) is 32.7. The number of benzene rings is 3. The van der Waals surface area contributed by atoms with Crippen molar-refractivity contribution in [2.24, 2.45) is 0 Å². The minimum Gasteiger partial charge on any atom is -0.480 e. The number of carboxylic acids is 1. The quantitative estimate of drug-likeness (QED) is 0.172. The summed E-state index contributed by atoms with van der Waals surface area (Å²) in [6, 6.07) is 20.1. The highest BCUT2D eigenvalue weighted by Crippen LogP contribution is 2.44. The van der Waals surface area contributed by atoms with Gasteiger partial charge in [-0.15, -0.1) is 0 Å². The third kappa shape index (κ3) is 8.04. The van der Waals surface area contributed by atoms with Crippen molar-refractivity contribution in [2.75, 3.05) is 13.2 Å². The molecule has 3 amide bonds. The highest BCUT2D eigenvalue weighted by molar-refractivity contribution is 7.87. The highest BCUT2D eigenvalue weighted by atomic mass is 32.2. The van der Waals surface area contributed by atoms with Gasteiger partial charge in [0.2, 0.25) is 0 Å². The lowest BCUT2D eigenvalue weighted by atomic mass is 9.98. The molecule has 0 spiro atoms. The SMILES string of the molecule is C=CCOC(=O)N[C@@H](C)C(=O)NN(C(=O)OCC1c2ccccc2-c2ccccc21)S(=O)(=O)N[C@H](Cc1ccccc1)C(=O)O. The van der Waals surface area contributed by atoms with Crippen molar-refractivity contribution >= 4 is 34.3 Å². The van der Waals surface area contributed by atoms with Crippen molar-refractivity contribution in [3.63, 3.8) is 0 Å². The summed E-state index contributed by atoms with van der Waals surface area (Å²) < 4.78 is 39.1. The second-order valence-corrected chi connectivity index (χ2v) is 11.6. The van der Waals surface area contributed by atoms with Crippen LogP contribution >= 0.6 is 0 Å². The van der Waals surface area contributed by atoms with Gasteiger partial charge < -0.3 is 19.9 Å². The summed E-state index contributed by atoms with van der Waals surface area (Å²) in [5.74, 6) is -3.11. The van der Waals surface area contributed by atoms with E-state index in [0.29, 0.717) is 5.56 Å². The molecule has 0 fully saturated rings. The van der Waals surface area contributed by atoms with Crippen LogP contribution in [0.15, 0.2) is 91.5 Å². The molecule has 0 radical (unpaired) electrons. The predicted octanol–water partition coefficient (Wildman–Crippen LogP) is 3.10. The van der Waals surface area contributed by atoms with Crippen LogP contribution in [-0.2, 0) is 35.7 Å². The second kappa shape index (κ2) is 14.5. The summed E-state index contributed by atoms with van der Waals surface area (Å²) in [7, 11) is -5.09. The number of rotatable bonds is 12. The predicted molar refractivity (Wildman–Crippen MR) is 163 cm³/mol. The Morgan fingerprint density at radius 3 is 2.09 bits per heavy atom. The van der Waals surface area contributed by atoms with Gasteiger partial charge in [0.25, 0.3) is 5.91 Å². The van der Waals surface area contributed by atoms with Gasteiger partial charge in [0, 0.05) is 5.92 Å². The third-order valence-corrected chi connectivity index (χ3v) is 8.19. The van der Waals surface area contributed by atoms with E-state index in [1.807, 2.05) is 58.7 Å². The zero-order valence-corrected chi connectivity index (χ0v) is 25.0. The van der Waals surface area contributed by atoms with Crippen molar-refractivity contribution in [3.05, 3.63) is 108 Å². The summed E-state index contributed by atoms with van der Waals surface area (Å²) in [5, 5.41) is 12.0. The van der Waals surface area contributed by atoms with Gasteiger partial charge in [-0.1, -0.05) is 95.9 Å². The van der Waals surface area contributed by atoms with Crippen molar-refractivity contribution in [2.45, 2.75) is 31.3 Å². The number of carboxylic acid groups (broad SMARTS) is 1. The monoisotopic (exact) mass is 636 g/mol. The van der Waals surface area contributed by atoms with Crippen LogP contribution < -0.4 is 15.5 Å². The number of aliphatic carboxylic acids is 1. The van der Waals surface area contributed by atoms with E-state index in [0.717, 1.165) is 22.3 Å². The van der Waals surface area contributed by atoms with E-state index in [4.69, 9.17) is 9.47 Å². The maximum atomic E-state index is 13.5. The van der Waals surface area contributed by atoms with Crippen LogP contribution in [0.3, 0.4) is 0 Å². The zero-order chi connectivity index (χ0) is 32.6. The lowest BCUT2D eigenvalue weighted by molar-refractivity contribution is -0.139. The van der Waals surface area contributed by atoms with E-state index in [2.05, 4.69) is 11.9 Å². The van der Waals surface area contributed by atoms with Crippen LogP contribution in [-0.4, -0.2) is 67.3 Å². The van der Waals surface area contributed by atoms with E-state index < -0.39 is 52.3 Å². The number of hydrogen-bond acceptors (Lipinski definition) is 8. The Kier molecular flexibility index (Phi) is 10.5. The lowest BCUT2D eigenvalue weighted by Gasteiger charge is -2.26. The van der Waals surface area contributed by atoms with E-state index in [9.17, 15) is 32.7 Å². The zero-order valence-electron chi connectivity index (χ0n) is 24.2. The average molecular weight is 637 g/mol. The molecular weight excluding hydrogens is 604 g/mol. The molecule has 3 aromatic carbocycles. The van der Waals surface area contributed by atoms with Gasteiger partial charge in [0.05, 0.1) is 0 Å². The molecule has 1 aliphatic carbocycles. The van der Waals surface area contributed by atoms with Crippen LogP contribution in [0.2, 0.25) is 0 Å². The van der Waals surface area contributed by atoms with Gasteiger partial charge in [-0.2, -0.15) is 13.1 Å². The largest absolute Gasteiger partial charge is 0.480 e. The van der Waals surface area contributed by atoms with E-state index in [1.165, 1.54) is 13.0 Å². The molecule has 0 heterocycles. The number of nitrogens with one attached hydrogen (secondary N) is 3. The van der Waals surface area contributed by atoms with Gasteiger partial charge in [-0.05, 0) is 41.2 Å². The molecule has 0 aliphatic heterocycles. The number of ether oxygens (including phenoxy) is 2. The first-order valence-corrected chi connectivity index (χ1v) is 15.2. The topological polar surface area (TPSA) is 180 Å². The number of amides is 3. The molecule has 1 aliphatic rings. The minimum atomic E-state index is -5.09. The molecule has 3 aromatic rings. The van der Waals surface area contributed by atoms with Crippen molar-refractivity contribution in [1.29, 1.82) is 0 Å². The number of nitrogens with zero attached hydrogens (tertiary/aromatic N) is 1. The maximum Gasteiger partial charge on any atom is 0.444 e. The Balaban J connectivity index is 1.57. The fourth-order valence-corrected chi connectivity index (χ4v) is 5.84. The van der Waals surface area contributed by atoms with Gasteiger partial charge in [-0.25, -0.2) is 15.0 Å². The molecule has 2 atom stereocenters. The Morgan fingerprint density at radius 1 is 0.933 bits per heavy atom. The molecule has 0 bridgehead atoms. The summed E-state index contributed by atoms with van der Waals surface area (Å²) >= 11 is 0. The van der Waals surface area contributed by atoms with Crippen molar-refractivity contribution in [1.82, 2.24) is 19.9 Å². The molecule has 13 nitrogen and oxygen atoms in total. The van der Waals surface area contributed by atoms with Gasteiger partial charge in [0.15, 0.2) is 0 Å². The van der Waals surface area contributed by atoms with Crippen LogP contribution in [0.25, 0.3) is 11.1 Å². The van der Waals surface area contributed by atoms with Gasteiger partial charge >= 0.3 is 28.4 Å². The standard InChI is InChI=1S/C31H32N4O9S/c1-3-17-43-30(39)32-20(2)28(36)33-35(45(41,42)34-27(29(37)38)18-21-11-5-4-6-12-21)31(40)44-19-26-24-15-9-7-13-22(24)23-14-8-10-16-25(23)26/h3-16,20,26-27,34H,1,17-19H2,2H3,(H,32,39)(H,33,36)(H,37,38)/t20-,27+/m0/s1. The fraction of sp³-hybridized carbons (Fsp3) is 0.226. The Morgan fingerprint density at radius 2 is 1.51 bits per heavy atom. The summed E-state index contributed by atoms with van der Waals surface area (Å²) in [6.07, 6.45) is -1.48. The van der Waals surface area contributed by atoms with Gasteiger partial charge in [0.1, 0.15) is 25.3 Å². The molecule has 4 N–H and O–H groups in total. The highest BCUT2D eigenvalue weighted by Gasteiger charge is 2.37. The normalized spacial score (nSPS) is 13.4. The molecule has 0 saturated heterocycles. The Hall–Kier alpha value is -5.21. The van der Waals surface area contributed by atoms with E-state index >= 15 is 0 Å². The number of carbonyl (C=O) groups is 4. The first-order chi connectivity index (χ1) is 21.5. The first-order valence-electron chi connectivity index (χ1n) is 13.8. The van der Waals surface area contributed by atoms with Crippen LogP contribution in [0.5, 0.6) is 0 Å². The average Bonchev–Trinajstić information content (AvgIpc) is 3.34. The maximum absolute atomic E-state index is 13.5. The number of fused-ring (bicyclic) bond motifs is 3. The smallest absolute Gasteiger partial charge is 0.444 e. The molecule has 4 rings (SSSR count). The number of carbonyl (C=O) groups excluding carboxylic acids is 3. The summed E-state index contributed by atoms with van der Waals surface area (Å²) in [6.45, 7) is 4.17. The molecule has 0 unspecified atom stereocenters. The van der Waals surface area contributed by atoms with Crippen molar-refractivity contribution < 1.29 is 42.2 Å². The second-order valence-electron chi connectivity index (χ2n) is 10.0. The number of hydrogen-bond donors (Lipinski definition) is 4. The Bertz CT molecular complexity index is 1640. The Labute approximate surface area is 260 Å².